The van der Waals surface area contributed by atoms with Gasteiger partial charge in [-0.25, -0.2) is 4.39 Å². The Bertz CT molecular complexity index is 454. The fraction of sp³-hybridized carbons (Fsp3) is 0.647. The molecule has 1 fully saturated rings. The van der Waals surface area contributed by atoms with E-state index in [4.69, 9.17) is 11.6 Å². The predicted octanol–water partition coefficient (Wildman–Crippen LogP) is 4.78. The van der Waals surface area contributed by atoms with Crippen molar-refractivity contribution in [2.45, 2.75) is 46.0 Å². The number of benzene rings is 1. The molecule has 1 N–H and O–H groups in total. The largest absolute Gasteiger partial charge is 0.316 e. The molecular formula is C17H25ClFN. The molecule has 1 aliphatic rings. The minimum atomic E-state index is -0.167. The van der Waals surface area contributed by atoms with Crippen molar-refractivity contribution in [2.75, 3.05) is 13.1 Å². The number of nitrogens with one attached hydrogen (secondary N) is 1. The van der Waals surface area contributed by atoms with Gasteiger partial charge in [-0.15, -0.1) is 0 Å². The maximum Gasteiger partial charge on any atom is 0.128 e. The van der Waals surface area contributed by atoms with Gasteiger partial charge in [0.05, 0.1) is 0 Å². The number of rotatable bonds is 5. The van der Waals surface area contributed by atoms with Crippen molar-refractivity contribution in [2.24, 2.45) is 11.3 Å². The molecule has 2 rings (SSSR count). The van der Waals surface area contributed by atoms with Crippen LogP contribution in [0.4, 0.5) is 4.39 Å². The summed E-state index contributed by atoms with van der Waals surface area (Å²) < 4.78 is 14.3. The Kier molecular flexibility index (Phi) is 4.46. The molecule has 0 amide bonds. The molecule has 1 aromatic carbocycles. The predicted molar refractivity (Wildman–Crippen MR) is 83.8 cm³/mol. The summed E-state index contributed by atoms with van der Waals surface area (Å²) >= 11 is 6.29. The van der Waals surface area contributed by atoms with E-state index in [1.54, 1.807) is 12.1 Å². The van der Waals surface area contributed by atoms with Crippen LogP contribution in [-0.2, 0) is 5.41 Å². The molecule has 0 heterocycles. The summed E-state index contributed by atoms with van der Waals surface area (Å²) in [4.78, 5) is 0. The Balaban J connectivity index is 2.24. The first kappa shape index (κ1) is 15.8. The Labute approximate surface area is 126 Å². The lowest BCUT2D eigenvalue weighted by Crippen LogP contribution is -2.53. The van der Waals surface area contributed by atoms with E-state index < -0.39 is 0 Å². The third kappa shape index (κ3) is 3.17. The van der Waals surface area contributed by atoms with E-state index in [-0.39, 0.29) is 16.6 Å². The highest BCUT2D eigenvalue weighted by Crippen LogP contribution is 2.56. The molecule has 0 aliphatic heterocycles. The highest BCUT2D eigenvalue weighted by molar-refractivity contribution is 6.31. The van der Waals surface area contributed by atoms with Gasteiger partial charge in [0.2, 0.25) is 0 Å². The first-order chi connectivity index (χ1) is 9.26. The van der Waals surface area contributed by atoms with Crippen molar-refractivity contribution in [3.63, 3.8) is 0 Å². The zero-order chi connectivity index (χ0) is 15.0. The summed E-state index contributed by atoms with van der Waals surface area (Å²) in [5.74, 6) is 0.426. The maximum absolute atomic E-state index is 14.3. The topological polar surface area (TPSA) is 12.0 Å². The zero-order valence-corrected chi connectivity index (χ0v) is 13.6. The second-order valence-electron chi connectivity index (χ2n) is 7.42. The minimum absolute atomic E-state index is 0.152. The Morgan fingerprint density at radius 1 is 1.30 bits per heavy atom. The third-order valence-corrected chi connectivity index (χ3v) is 4.46. The molecule has 1 aliphatic carbocycles. The summed E-state index contributed by atoms with van der Waals surface area (Å²) in [6, 6.07) is 5.01. The van der Waals surface area contributed by atoms with Gasteiger partial charge in [0, 0.05) is 22.5 Å². The van der Waals surface area contributed by atoms with Crippen molar-refractivity contribution in [3.05, 3.63) is 34.6 Å². The number of hydrogen-bond donors (Lipinski definition) is 1. The molecule has 20 heavy (non-hydrogen) atoms. The molecule has 0 spiro atoms. The van der Waals surface area contributed by atoms with Crippen LogP contribution in [0.25, 0.3) is 0 Å². The quantitative estimate of drug-likeness (QED) is 0.824. The molecule has 0 atom stereocenters. The summed E-state index contributed by atoms with van der Waals surface area (Å²) in [6.45, 7) is 10.6. The SMILES string of the molecule is CC(C)CNCC1(c2c(F)cccc2Cl)CC(C)(C)C1. The zero-order valence-electron chi connectivity index (χ0n) is 12.9. The molecule has 0 radical (unpaired) electrons. The van der Waals surface area contributed by atoms with Crippen LogP contribution in [-0.4, -0.2) is 13.1 Å². The van der Waals surface area contributed by atoms with Crippen LogP contribution in [0.2, 0.25) is 5.02 Å². The van der Waals surface area contributed by atoms with E-state index in [0.29, 0.717) is 16.5 Å². The molecule has 3 heteroatoms. The van der Waals surface area contributed by atoms with Gasteiger partial charge in [-0.1, -0.05) is 45.4 Å². The molecule has 1 nitrogen and oxygen atoms in total. The fourth-order valence-corrected chi connectivity index (χ4v) is 4.14. The summed E-state index contributed by atoms with van der Waals surface area (Å²) in [5.41, 5.74) is 0.823. The Morgan fingerprint density at radius 3 is 2.45 bits per heavy atom. The van der Waals surface area contributed by atoms with Gasteiger partial charge in [0.1, 0.15) is 5.82 Å². The van der Waals surface area contributed by atoms with Crippen LogP contribution in [0, 0.1) is 17.2 Å². The van der Waals surface area contributed by atoms with Crippen LogP contribution < -0.4 is 5.32 Å². The van der Waals surface area contributed by atoms with Gasteiger partial charge in [-0.2, -0.15) is 0 Å². The highest BCUT2D eigenvalue weighted by atomic mass is 35.5. The van der Waals surface area contributed by atoms with Gasteiger partial charge in [0.15, 0.2) is 0 Å². The van der Waals surface area contributed by atoms with Gasteiger partial charge < -0.3 is 5.32 Å². The number of halogens is 2. The van der Waals surface area contributed by atoms with Gasteiger partial charge >= 0.3 is 0 Å². The van der Waals surface area contributed by atoms with Gasteiger partial charge in [-0.3, -0.25) is 0 Å². The van der Waals surface area contributed by atoms with E-state index in [1.165, 1.54) is 6.07 Å². The molecule has 0 unspecified atom stereocenters. The minimum Gasteiger partial charge on any atom is -0.316 e. The normalized spacial score (nSPS) is 19.9. The molecular weight excluding hydrogens is 273 g/mol. The Hall–Kier alpha value is -0.600. The monoisotopic (exact) mass is 297 g/mol. The van der Waals surface area contributed by atoms with Crippen LogP contribution in [0.1, 0.15) is 46.1 Å². The van der Waals surface area contributed by atoms with E-state index in [9.17, 15) is 4.39 Å². The molecule has 0 saturated heterocycles. The van der Waals surface area contributed by atoms with Crippen molar-refractivity contribution in [1.29, 1.82) is 0 Å². The van der Waals surface area contributed by atoms with Crippen molar-refractivity contribution in [1.82, 2.24) is 5.32 Å². The van der Waals surface area contributed by atoms with Crippen LogP contribution in [0.5, 0.6) is 0 Å². The smallest absolute Gasteiger partial charge is 0.128 e. The number of hydrogen-bond acceptors (Lipinski definition) is 1. The Morgan fingerprint density at radius 2 is 1.95 bits per heavy atom. The lowest BCUT2D eigenvalue weighted by molar-refractivity contribution is 0.0532. The molecule has 0 bridgehead atoms. The summed E-state index contributed by atoms with van der Waals surface area (Å²) in [6.07, 6.45) is 1.96. The van der Waals surface area contributed by atoms with E-state index >= 15 is 0 Å². The van der Waals surface area contributed by atoms with Gasteiger partial charge in [-0.05, 0) is 42.9 Å². The molecule has 112 valence electrons. The summed E-state index contributed by atoms with van der Waals surface area (Å²) in [5, 5.41) is 4.05. The van der Waals surface area contributed by atoms with E-state index in [0.717, 1.165) is 25.9 Å². The van der Waals surface area contributed by atoms with Crippen LogP contribution >= 0.6 is 11.6 Å². The standard InChI is InChI=1S/C17H25ClFN/c1-12(2)8-20-11-17(9-16(3,4)10-17)15-13(18)6-5-7-14(15)19/h5-7,12,20H,8-11H2,1-4H3. The average molecular weight is 298 g/mol. The van der Waals surface area contributed by atoms with Crippen molar-refractivity contribution in [3.8, 4) is 0 Å². The first-order valence-electron chi connectivity index (χ1n) is 7.41. The highest BCUT2D eigenvalue weighted by Gasteiger charge is 2.51. The lowest BCUT2D eigenvalue weighted by atomic mass is 9.51. The second-order valence-corrected chi connectivity index (χ2v) is 7.83. The second kappa shape index (κ2) is 5.65. The fourth-order valence-electron chi connectivity index (χ4n) is 3.78. The van der Waals surface area contributed by atoms with E-state index in [1.807, 2.05) is 0 Å². The van der Waals surface area contributed by atoms with Crippen molar-refractivity contribution >= 4 is 11.6 Å². The maximum atomic E-state index is 14.3. The lowest BCUT2D eigenvalue weighted by Gasteiger charge is -2.54. The van der Waals surface area contributed by atoms with Gasteiger partial charge in [0.25, 0.3) is 0 Å². The first-order valence-corrected chi connectivity index (χ1v) is 7.79. The molecule has 1 aromatic rings. The summed E-state index contributed by atoms with van der Waals surface area (Å²) in [7, 11) is 0. The third-order valence-electron chi connectivity index (χ3n) is 4.14. The average Bonchev–Trinajstić information content (AvgIpc) is 2.25. The van der Waals surface area contributed by atoms with Crippen LogP contribution in [0.15, 0.2) is 18.2 Å². The molecule has 1 saturated carbocycles. The van der Waals surface area contributed by atoms with Crippen molar-refractivity contribution < 1.29 is 4.39 Å². The molecule has 0 aromatic heterocycles. The van der Waals surface area contributed by atoms with Crippen LogP contribution in [0.3, 0.4) is 0 Å². The van der Waals surface area contributed by atoms with E-state index in [2.05, 4.69) is 33.0 Å².